The fraction of sp³-hybridized carbons (Fsp3) is 0.161. The standard InChI is InChI=1S/C31H26N4O2S/c36-38(37,25-14-15-27-24(21-25)20-23-10-4-5-11-26(23)27)35-18-16-34(17-19-35)31-30(22-8-2-1-3-9-22)32-28-12-6-7-13-29(28)33-31/h1-15,21H,16-20H2. The van der Waals surface area contributed by atoms with Crippen molar-refractivity contribution in [1.82, 2.24) is 14.3 Å². The summed E-state index contributed by atoms with van der Waals surface area (Å²) in [7, 11) is -3.60. The number of para-hydroxylation sites is 2. The molecular weight excluding hydrogens is 492 g/mol. The van der Waals surface area contributed by atoms with Crippen molar-refractivity contribution in [3.8, 4) is 22.4 Å². The minimum Gasteiger partial charge on any atom is -0.352 e. The average Bonchev–Trinajstić information content (AvgIpc) is 3.35. The number of aromatic nitrogens is 2. The summed E-state index contributed by atoms with van der Waals surface area (Å²) in [5.74, 6) is 0.794. The van der Waals surface area contributed by atoms with E-state index in [1.807, 2.05) is 78.9 Å². The second kappa shape index (κ2) is 9.04. The molecule has 7 rings (SSSR count). The van der Waals surface area contributed by atoms with Gasteiger partial charge < -0.3 is 4.90 Å². The highest BCUT2D eigenvalue weighted by Gasteiger charge is 2.31. The van der Waals surface area contributed by atoms with Gasteiger partial charge in [0.1, 0.15) is 5.69 Å². The average molecular weight is 519 g/mol. The van der Waals surface area contributed by atoms with Crippen LogP contribution in [0, 0.1) is 0 Å². The first-order chi connectivity index (χ1) is 18.6. The minimum absolute atomic E-state index is 0.368. The Balaban J connectivity index is 1.16. The number of hydrogen-bond donors (Lipinski definition) is 0. The number of rotatable bonds is 4. The Kier molecular flexibility index (Phi) is 5.49. The predicted octanol–water partition coefficient (Wildman–Crippen LogP) is 5.38. The Morgan fingerprint density at radius 3 is 2.08 bits per heavy atom. The van der Waals surface area contributed by atoms with Crippen molar-refractivity contribution >= 4 is 26.9 Å². The van der Waals surface area contributed by atoms with Crippen LogP contribution >= 0.6 is 0 Å². The quantitative estimate of drug-likeness (QED) is 0.314. The zero-order valence-electron chi connectivity index (χ0n) is 20.8. The third-order valence-corrected chi connectivity index (χ3v) is 9.44. The molecule has 0 radical (unpaired) electrons. The molecule has 1 aliphatic heterocycles. The van der Waals surface area contributed by atoms with Crippen molar-refractivity contribution in [3.05, 3.63) is 108 Å². The normalized spacial score (nSPS) is 15.4. The lowest BCUT2D eigenvalue weighted by Gasteiger charge is -2.35. The Morgan fingerprint density at radius 2 is 1.29 bits per heavy atom. The fourth-order valence-electron chi connectivity index (χ4n) is 5.57. The summed E-state index contributed by atoms with van der Waals surface area (Å²) in [4.78, 5) is 12.5. The maximum Gasteiger partial charge on any atom is 0.243 e. The maximum atomic E-state index is 13.6. The molecule has 6 nitrogen and oxygen atoms in total. The van der Waals surface area contributed by atoms with E-state index in [0.717, 1.165) is 45.7 Å². The van der Waals surface area contributed by atoms with Crippen molar-refractivity contribution in [1.29, 1.82) is 0 Å². The van der Waals surface area contributed by atoms with Crippen LogP contribution in [0.3, 0.4) is 0 Å². The fourth-order valence-corrected chi connectivity index (χ4v) is 7.05. The molecule has 2 heterocycles. The molecule has 1 aliphatic carbocycles. The van der Waals surface area contributed by atoms with Crippen molar-refractivity contribution in [2.45, 2.75) is 11.3 Å². The van der Waals surface area contributed by atoms with Crippen molar-refractivity contribution in [2.24, 2.45) is 0 Å². The van der Waals surface area contributed by atoms with E-state index in [9.17, 15) is 8.42 Å². The third kappa shape index (κ3) is 3.86. The van der Waals surface area contributed by atoms with Crippen LogP contribution in [0.2, 0.25) is 0 Å². The van der Waals surface area contributed by atoms with Gasteiger partial charge in [-0.25, -0.2) is 18.4 Å². The minimum atomic E-state index is -3.60. The Bertz CT molecular complexity index is 1780. The van der Waals surface area contributed by atoms with Gasteiger partial charge in [-0.2, -0.15) is 4.31 Å². The summed E-state index contributed by atoms with van der Waals surface area (Å²) in [6, 6.07) is 31.8. The molecule has 7 heteroatoms. The number of piperazine rings is 1. The van der Waals surface area contributed by atoms with Crippen LogP contribution in [0.5, 0.6) is 0 Å². The smallest absolute Gasteiger partial charge is 0.243 e. The highest BCUT2D eigenvalue weighted by atomic mass is 32.2. The summed E-state index contributed by atoms with van der Waals surface area (Å²) in [5, 5.41) is 0. The first-order valence-corrected chi connectivity index (χ1v) is 14.3. The van der Waals surface area contributed by atoms with Crippen molar-refractivity contribution in [3.63, 3.8) is 0 Å². The summed E-state index contributed by atoms with van der Waals surface area (Å²) in [6.07, 6.45) is 0.769. The maximum absolute atomic E-state index is 13.6. The van der Waals surface area contributed by atoms with E-state index in [4.69, 9.17) is 9.97 Å². The molecule has 0 saturated carbocycles. The van der Waals surface area contributed by atoms with E-state index in [1.54, 1.807) is 10.4 Å². The Morgan fingerprint density at radius 1 is 0.632 bits per heavy atom. The molecule has 0 atom stereocenters. The molecule has 5 aromatic rings. The second-order valence-corrected chi connectivity index (χ2v) is 11.7. The first-order valence-electron chi connectivity index (χ1n) is 12.9. The van der Waals surface area contributed by atoms with Gasteiger partial charge in [0, 0.05) is 31.7 Å². The van der Waals surface area contributed by atoms with Gasteiger partial charge in [-0.05, 0) is 52.9 Å². The molecular formula is C31H26N4O2S. The molecule has 0 amide bonds. The van der Waals surface area contributed by atoms with Gasteiger partial charge in [0.15, 0.2) is 5.82 Å². The lowest BCUT2D eigenvalue weighted by Crippen LogP contribution is -2.49. The Hall–Kier alpha value is -4.07. The van der Waals surface area contributed by atoms with E-state index in [2.05, 4.69) is 17.0 Å². The number of fused-ring (bicyclic) bond motifs is 4. The van der Waals surface area contributed by atoms with E-state index in [-0.39, 0.29) is 0 Å². The van der Waals surface area contributed by atoms with Crippen molar-refractivity contribution in [2.75, 3.05) is 31.1 Å². The van der Waals surface area contributed by atoms with Gasteiger partial charge in [-0.15, -0.1) is 0 Å². The Labute approximate surface area is 222 Å². The van der Waals surface area contributed by atoms with Crippen LogP contribution in [0.1, 0.15) is 11.1 Å². The van der Waals surface area contributed by atoms with Crippen LogP contribution < -0.4 is 4.90 Å². The van der Waals surface area contributed by atoms with E-state index >= 15 is 0 Å². The number of anilines is 1. The van der Waals surface area contributed by atoms with Gasteiger partial charge in [-0.1, -0.05) is 72.8 Å². The van der Waals surface area contributed by atoms with Gasteiger partial charge in [0.05, 0.1) is 15.9 Å². The van der Waals surface area contributed by atoms with E-state index < -0.39 is 10.0 Å². The van der Waals surface area contributed by atoms with Gasteiger partial charge in [-0.3, -0.25) is 0 Å². The predicted molar refractivity (Wildman–Crippen MR) is 151 cm³/mol. The summed E-state index contributed by atoms with van der Waals surface area (Å²) in [6.45, 7) is 1.87. The molecule has 1 fully saturated rings. The van der Waals surface area contributed by atoms with Crippen LogP contribution in [0.15, 0.2) is 102 Å². The molecule has 38 heavy (non-hydrogen) atoms. The topological polar surface area (TPSA) is 66.4 Å². The van der Waals surface area contributed by atoms with Crippen LogP contribution in [0.4, 0.5) is 5.82 Å². The lowest BCUT2D eigenvalue weighted by atomic mass is 10.1. The highest BCUT2D eigenvalue weighted by molar-refractivity contribution is 7.89. The lowest BCUT2D eigenvalue weighted by molar-refractivity contribution is 0.384. The molecule has 0 unspecified atom stereocenters. The SMILES string of the molecule is O=S(=O)(c1ccc2c(c1)Cc1ccccc1-2)N1CCN(c2nc3ccccc3nc2-c2ccccc2)CC1. The second-order valence-electron chi connectivity index (χ2n) is 9.79. The molecule has 2 aliphatic rings. The monoisotopic (exact) mass is 518 g/mol. The summed E-state index contributed by atoms with van der Waals surface area (Å²) in [5.41, 5.74) is 8.14. The molecule has 0 bridgehead atoms. The molecule has 0 N–H and O–H groups in total. The zero-order valence-corrected chi connectivity index (χ0v) is 21.6. The summed E-state index contributed by atoms with van der Waals surface area (Å²) < 4.78 is 28.9. The summed E-state index contributed by atoms with van der Waals surface area (Å²) >= 11 is 0. The third-order valence-electron chi connectivity index (χ3n) is 7.54. The molecule has 0 spiro atoms. The number of hydrogen-bond acceptors (Lipinski definition) is 5. The van der Waals surface area contributed by atoms with Crippen LogP contribution in [-0.2, 0) is 16.4 Å². The number of nitrogens with zero attached hydrogens (tertiary/aromatic N) is 4. The van der Waals surface area contributed by atoms with Gasteiger partial charge in [0.25, 0.3) is 0 Å². The van der Waals surface area contributed by atoms with Gasteiger partial charge in [0.2, 0.25) is 10.0 Å². The molecule has 1 saturated heterocycles. The van der Waals surface area contributed by atoms with E-state index in [0.29, 0.717) is 31.1 Å². The molecule has 4 aromatic carbocycles. The first kappa shape index (κ1) is 23.1. The molecule has 188 valence electrons. The number of sulfonamides is 1. The van der Waals surface area contributed by atoms with Crippen LogP contribution in [0.25, 0.3) is 33.4 Å². The molecule has 1 aromatic heterocycles. The van der Waals surface area contributed by atoms with Crippen LogP contribution in [-0.4, -0.2) is 48.9 Å². The van der Waals surface area contributed by atoms with Gasteiger partial charge >= 0.3 is 0 Å². The largest absolute Gasteiger partial charge is 0.352 e. The van der Waals surface area contributed by atoms with Crippen molar-refractivity contribution < 1.29 is 8.42 Å². The zero-order chi connectivity index (χ0) is 25.7. The number of benzene rings is 4. The highest BCUT2D eigenvalue weighted by Crippen LogP contribution is 2.38. The van der Waals surface area contributed by atoms with E-state index in [1.165, 1.54) is 11.1 Å².